The Morgan fingerprint density at radius 2 is 1.92 bits per heavy atom. The van der Waals surface area contributed by atoms with E-state index in [-0.39, 0.29) is 6.10 Å². The predicted molar refractivity (Wildman–Crippen MR) is 93.7 cm³/mol. The van der Waals surface area contributed by atoms with Crippen LogP contribution in [-0.4, -0.2) is 38.9 Å². The third-order valence-corrected chi connectivity index (χ3v) is 4.74. The van der Waals surface area contributed by atoms with Crippen LogP contribution in [0.4, 0.5) is 0 Å². The molecule has 130 valence electrons. The van der Waals surface area contributed by atoms with Gasteiger partial charge in [0.25, 0.3) is 0 Å². The first kappa shape index (κ1) is 17.4. The van der Waals surface area contributed by atoms with Gasteiger partial charge in [0, 0.05) is 23.2 Å². The molecule has 1 aliphatic carbocycles. The van der Waals surface area contributed by atoms with Crippen LogP contribution < -0.4 is 0 Å². The van der Waals surface area contributed by atoms with Gasteiger partial charge in [-0.05, 0) is 44.0 Å². The van der Waals surface area contributed by atoms with E-state index in [1.54, 1.807) is 0 Å². The highest BCUT2D eigenvalue weighted by Crippen LogP contribution is 2.25. The van der Waals surface area contributed by atoms with Gasteiger partial charge in [-0.25, -0.2) is 0 Å². The number of hydrogen-bond donors (Lipinski definition) is 1. The average Bonchev–Trinajstić information content (AvgIpc) is 3.04. The van der Waals surface area contributed by atoms with E-state index in [1.807, 2.05) is 31.2 Å². The summed E-state index contributed by atoms with van der Waals surface area (Å²) in [6.07, 6.45) is 5.78. The van der Waals surface area contributed by atoms with E-state index in [2.05, 4.69) is 15.1 Å². The molecule has 0 aliphatic heterocycles. The predicted octanol–water partition coefficient (Wildman–Crippen LogP) is 3.91. The van der Waals surface area contributed by atoms with Crippen LogP contribution in [0.3, 0.4) is 0 Å². The molecule has 3 rings (SSSR count). The number of aliphatic hydroxyl groups is 1. The van der Waals surface area contributed by atoms with E-state index in [1.165, 1.54) is 32.1 Å². The fraction of sp³-hybridized carbons (Fsp3) is 0.556. The lowest BCUT2D eigenvalue weighted by Crippen LogP contribution is -2.40. The molecule has 1 saturated carbocycles. The van der Waals surface area contributed by atoms with Gasteiger partial charge >= 0.3 is 0 Å². The Hall–Kier alpha value is -1.43. The van der Waals surface area contributed by atoms with Crippen molar-refractivity contribution < 1.29 is 9.52 Å². The van der Waals surface area contributed by atoms with Crippen LogP contribution in [0, 0.1) is 0 Å². The molecule has 0 amide bonds. The fourth-order valence-electron chi connectivity index (χ4n) is 3.33. The van der Waals surface area contributed by atoms with Gasteiger partial charge in [-0.1, -0.05) is 30.9 Å². The quantitative estimate of drug-likeness (QED) is 0.856. The van der Waals surface area contributed by atoms with Gasteiger partial charge in [0.1, 0.15) is 0 Å². The zero-order chi connectivity index (χ0) is 16.9. The van der Waals surface area contributed by atoms with Crippen molar-refractivity contribution in [1.82, 2.24) is 15.1 Å². The standard InChI is InChI=1S/C18H24ClN3O2/c1-13(23)11-22(16-5-3-2-4-6-16)12-17-20-21-18(24-17)14-7-9-15(19)10-8-14/h7-10,13,16,23H,2-6,11-12H2,1H3. The number of hydrogen-bond acceptors (Lipinski definition) is 5. The van der Waals surface area contributed by atoms with Crippen LogP contribution in [0.5, 0.6) is 0 Å². The van der Waals surface area contributed by atoms with Gasteiger partial charge in [-0.15, -0.1) is 10.2 Å². The third-order valence-electron chi connectivity index (χ3n) is 4.49. The Morgan fingerprint density at radius 1 is 1.21 bits per heavy atom. The highest BCUT2D eigenvalue weighted by molar-refractivity contribution is 6.30. The zero-order valence-corrected chi connectivity index (χ0v) is 14.7. The van der Waals surface area contributed by atoms with E-state index in [0.717, 1.165) is 5.56 Å². The first-order valence-corrected chi connectivity index (χ1v) is 9.00. The summed E-state index contributed by atoms with van der Waals surface area (Å²) in [7, 11) is 0. The maximum Gasteiger partial charge on any atom is 0.247 e. The Morgan fingerprint density at radius 3 is 2.58 bits per heavy atom. The maximum absolute atomic E-state index is 9.82. The lowest BCUT2D eigenvalue weighted by atomic mass is 9.94. The average molecular weight is 350 g/mol. The van der Waals surface area contributed by atoms with E-state index in [4.69, 9.17) is 16.0 Å². The normalized spacial score (nSPS) is 17.3. The minimum Gasteiger partial charge on any atom is -0.419 e. The van der Waals surface area contributed by atoms with E-state index < -0.39 is 0 Å². The van der Waals surface area contributed by atoms with Crippen LogP contribution in [0.15, 0.2) is 28.7 Å². The lowest BCUT2D eigenvalue weighted by Gasteiger charge is -2.34. The van der Waals surface area contributed by atoms with Crippen molar-refractivity contribution in [3.05, 3.63) is 35.2 Å². The van der Waals surface area contributed by atoms with E-state index in [9.17, 15) is 5.11 Å². The van der Waals surface area contributed by atoms with Crippen molar-refractivity contribution in [1.29, 1.82) is 0 Å². The van der Waals surface area contributed by atoms with E-state index in [0.29, 0.717) is 35.9 Å². The molecule has 0 saturated heterocycles. The Bertz CT molecular complexity index is 636. The number of benzene rings is 1. The van der Waals surface area contributed by atoms with Gasteiger partial charge < -0.3 is 9.52 Å². The number of aromatic nitrogens is 2. The molecule has 1 atom stereocenters. The van der Waals surface area contributed by atoms with Gasteiger partial charge in [-0.2, -0.15) is 0 Å². The lowest BCUT2D eigenvalue weighted by molar-refractivity contribution is 0.0706. The molecule has 24 heavy (non-hydrogen) atoms. The maximum atomic E-state index is 9.82. The minimum absolute atomic E-state index is 0.370. The van der Waals surface area contributed by atoms with Crippen molar-refractivity contribution >= 4 is 11.6 Å². The summed E-state index contributed by atoms with van der Waals surface area (Å²) in [4.78, 5) is 2.28. The van der Waals surface area contributed by atoms with Gasteiger partial charge in [0.2, 0.25) is 11.8 Å². The SMILES string of the molecule is CC(O)CN(Cc1nnc(-c2ccc(Cl)cc2)o1)C1CCCCC1. The molecule has 1 aliphatic rings. The molecule has 0 bridgehead atoms. The van der Waals surface area contributed by atoms with Crippen LogP contribution in [0.2, 0.25) is 5.02 Å². The first-order valence-electron chi connectivity index (χ1n) is 8.62. The van der Waals surface area contributed by atoms with Crippen molar-refractivity contribution in [2.24, 2.45) is 0 Å². The second-order valence-electron chi connectivity index (χ2n) is 6.58. The topological polar surface area (TPSA) is 62.4 Å². The van der Waals surface area contributed by atoms with Crippen molar-refractivity contribution in [3.8, 4) is 11.5 Å². The second kappa shape index (κ2) is 8.10. The summed E-state index contributed by atoms with van der Waals surface area (Å²) >= 11 is 5.91. The molecule has 6 heteroatoms. The Balaban J connectivity index is 1.71. The summed E-state index contributed by atoms with van der Waals surface area (Å²) in [6, 6.07) is 7.84. The van der Waals surface area contributed by atoms with Crippen molar-refractivity contribution in [3.63, 3.8) is 0 Å². The highest BCUT2D eigenvalue weighted by Gasteiger charge is 2.24. The minimum atomic E-state index is -0.370. The largest absolute Gasteiger partial charge is 0.419 e. The molecule has 0 radical (unpaired) electrons. The van der Waals surface area contributed by atoms with Crippen molar-refractivity contribution in [2.45, 2.75) is 57.7 Å². The molecule has 1 unspecified atom stereocenters. The van der Waals surface area contributed by atoms with Gasteiger partial charge in [0.05, 0.1) is 12.6 Å². The van der Waals surface area contributed by atoms with Gasteiger partial charge in [0.15, 0.2) is 0 Å². The van der Waals surface area contributed by atoms with Crippen LogP contribution in [0.25, 0.3) is 11.5 Å². The van der Waals surface area contributed by atoms with E-state index >= 15 is 0 Å². The smallest absolute Gasteiger partial charge is 0.247 e. The Labute approximate surface area is 147 Å². The number of aliphatic hydroxyl groups excluding tert-OH is 1. The molecule has 0 spiro atoms. The molecule has 1 N–H and O–H groups in total. The summed E-state index contributed by atoms with van der Waals surface area (Å²) in [5.41, 5.74) is 0.859. The first-order chi connectivity index (χ1) is 11.6. The summed E-state index contributed by atoms with van der Waals surface area (Å²) in [6.45, 7) is 3.03. The fourth-order valence-corrected chi connectivity index (χ4v) is 3.45. The molecule has 1 heterocycles. The summed E-state index contributed by atoms with van der Waals surface area (Å²) in [5, 5.41) is 18.8. The van der Waals surface area contributed by atoms with Crippen LogP contribution in [-0.2, 0) is 6.54 Å². The number of nitrogens with zero attached hydrogens (tertiary/aromatic N) is 3. The molecule has 5 nitrogen and oxygen atoms in total. The third kappa shape index (κ3) is 4.56. The second-order valence-corrected chi connectivity index (χ2v) is 7.01. The number of halogens is 1. The highest BCUT2D eigenvalue weighted by atomic mass is 35.5. The molecule has 1 fully saturated rings. The summed E-state index contributed by atoms with van der Waals surface area (Å²) < 4.78 is 5.82. The number of rotatable bonds is 6. The van der Waals surface area contributed by atoms with Gasteiger partial charge in [-0.3, -0.25) is 4.90 Å². The molecular formula is C18H24ClN3O2. The summed E-state index contributed by atoms with van der Waals surface area (Å²) in [5.74, 6) is 1.09. The van der Waals surface area contributed by atoms with Crippen LogP contribution in [0.1, 0.15) is 44.9 Å². The molecular weight excluding hydrogens is 326 g/mol. The zero-order valence-electron chi connectivity index (χ0n) is 14.0. The molecule has 2 aromatic rings. The van der Waals surface area contributed by atoms with Crippen molar-refractivity contribution in [2.75, 3.05) is 6.54 Å². The Kier molecular flexibility index (Phi) is 5.87. The monoisotopic (exact) mass is 349 g/mol. The molecule has 1 aromatic heterocycles. The molecule has 1 aromatic carbocycles. The van der Waals surface area contributed by atoms with Crippen LogP contribution >= 0.6 is 11.6 Å².